The van der Waals surface area contributed by atoms with E-state index in [0.29, 0.717) is 26.7 Å². The third-order valence-electron chi connectivity index (χ3n) is 3.00. The summed E-state index contributed by atoms with van der Waals surface area (Å²) in [6.45, 7) is 0. The maximum atomic E-state index is 9.89. The van der Waals surface area contributed by atoms with Crippen molar-refractivity contribution in [3.8, 4) is 0 Å². The number of nitrogen functional groups attached to an aromatic ring is 2. The number of nitrogens with two attached hydrogens (primary N) is 2. The summed E-state index contributed by atoms with van der Waals surface area (Å²) < 4.78 is 0. The molecule has 0 aliphatic carbocycles. The Morgan fingerprint density at radius 2 is 1.45 bits per heavy atom. The molecule has 5 aromatic rings. The number of hydrogen-bond acceptors (Lipinski definition) is 11. The normalized spacial score (nSPS) is 8.95. The van der Waals surface area contributed by atoms with E-state index >= 15 is 0 Å². The van der Waals surface area contributed by atoms with Gasteiger partial charge in [0.2, 0.25) is 0 Å². The van der Waals surface area contributed by atoms with Crippen LogP contribution in [0.15, 0.2) is 48.9 Å². The number of rotatable bonds is 2. The van der Waals surface area contributed by atoms with Crippen LogP contribution in [0.3, 0.4) is 0 Å². The van der Waals surface area contributed by atoms with Crippen LogP contribution in [0.4, 0.5) is 17.5 Å². The monoisotopic (exact) mass is 786 g/mol. The molecule has 0 fully saturated rings. The number of aromatic nitrogens is 10. The van der Waals surface area contributed by atoms with Gasteiger partial charge in [-0.1, -0.05) is 39.9 Å². The minimum absolute atomic E-state index is 0.0988. The van der Waals surface area contributed by atoms with Gasteiger partial charge in [-0.25, -0.2) is 0 Å². The standard InChI is InChI=1S/2C3H2ClN3O2.C3H4ClN3.C3H3ClN2.C3H5N3.2ClH.Sn/c4-3-1-2-6(5-3)7(8)9;4-2-1-3(6-5-2)7(8)9;4-2-1-3(5)7-6-2;2*4-3-1-2-5-6-3;;;/h1-2H;1H,(H,5,6);1H,(H3,5,6,7);1-2H,(H,5,6);1-2H,(H3,4,5,6);2*1H;/q;;;;;;;+2/p-2. The summed E-state index contributed by atoms with van der Waals surface area (Å²) in [5.74, 6) is 0.833. The Hall–Kier alpha value is -3.01. The third-order valence-corrected chi connectivity index (χ3v) is 3.80. The summed E-state index contributed by atoms with van der Waals surface area (Å²) in [5.41, 5.74) is 10.3. The molecular formula is C15H16Cl6N14O4Sn. The van der Waals surface area contributed by atoms with Crippen molar-refractivity contribution in [2.24, 2.45) is 0 Å². The van der Waals surface area contributed by atoms with Crippen molar-refractivity contribution in [3.63, 3.8) is 0 Å². The van der Waals surface area contributed by atoms with Crippen LogP contribution in [-0.2, 0) is 0 Å². The number of halogens is 6. The molecule has 0 saturated heterocycles. The molecular weight excluding hydrogens is 772 g/mol. The molecule has 0 aromatic carbocycles. The second-order valence-electron chi connectivity index (χ2n) is 5.76. The van der Waals surface area contributed by atoms with Crippen molar-refractivity contribution in [2.75, 3.05) is 11.5 Å². The van der Waals surface area contributed by atoms with Crippen LogP contribution in [0.25, 0.3) is 0 Å². The fraction of sp³-hybridized carbons (Fsp3) is 0. The van der Waals surface area contributed by atoms with E-state index in [1.54, 1.807) is 30.6 Å². The van der Waals surface area contributed by atoms with Gasteiger partial charge in [-0.2, -0.15) is 15.3 Å². The van der Waals surface area contributed by atoms with Crippen molar-refractivity contribution >= 4 is 101 Å². The molecule has 0 unspecified atom stereocenters. The molecule has 0 aliphatic heterocycles. The molecule has 0 bridgehead atoms. The van der Waals surface area contributed by atoms with Crippen molar-refractivity contribution in [1.82, 2.24) is 50.7 Å². The second kappa shape index (κ2) is 21.8. The topological polar surface area (TPSA) is 271 Å². The molecule has 25 heteroatoms. The Morgan fingerprint density at radius 1 is 0.825 bits per heavy atom. The fourth-order valence-corrected chi connectivity index (χ4v) is 2.12. The van der Waals surface area contributed by atoms with Crippen molar-refractivity contribution < 1.29 is 9.96 Å². The van der Waals surface area contributed by atoms with Gasteiger partial charge in [-0.05, 0) is 28.7 Å². The molecule has 5 heterocycles. The number of aromatic amines is 4. The molecule has 5 rings (SSSR count). The zero-order valence-corrected chi connectivity index (χ0v) is 26.6. The first-order valence-electron chi connectivity index (χ1n) is 9.43. The average Bonchev–Trinajstić information content (AvgIpc) is 3.71. The summed E-state index contributed by atoms with van der Waals surface area (Å²) in [6.07, 6.45) is 4.38. The van der Waals surface area contributed by atoms with Gasteiger partial charge in [0.15, 0.2) is 5.15 Å². The average molecular weight is 788 g/mol. The van der Waals surface area contributed by atoms with Crippen LogP contribution in [0.2, 0.25) is 20.6 Å². The number of hydrogen-bond donors (Lipinski definition) is 6. The summed E-state index contributed by atoms with van der Waals surface area (Å²) in [6, 6.07) is 7.40. The Morgan fingerprint density at radius 3 is 1.62 bits per heavy atom. The van der Waals surface area contributed by atoms with Crippen molar-refractivity contribution in [3.05, 3.63) is 89.8 Å². The molecule has 216 valence electrons. The quantitative estimate of drug-likeness (QED) is 0.0836. The molecule has 2 radical (unpaired) electrons. The molecule has 5 aromatic heterocycles. The molecule has 0 aliphatic rings. The van der Waals surface area contributed by atoms with Gasteiger partial charge < -0.3 is 31.7 Å². The first-order valence-corrected chi connectivity index (χ1v) is 18.2. The Kier molecular flexibility index (Phi) is 20.1. The van der Waals surface area contributed by atoms with E-state index in [-0.39, 0.29) is 16.1 Å². The second-order valence-corrected chi connectivity index (χ2v) is 11.6. The van der Waals surface area contributed by atoms with Crippen LogP contribution in [0.5, 0.6) is 0 Å². The van der Waals surface area contributed by atoms with E-state index in [9.17, 15) is 20.2 Å². The van der Waals surface area contributed by atoms with Gasteiger partial charge in [0.25, 0.3) is 5.15 Å². The SMILES string of the molecule is Clc1ccn[nH]1.Nc1cc(Cl)[nH]n1.Nc1ccn[nH]1.O=[N+]([O-])c1cc(Cl)n[nH]1.O=[N+]([O-])n1ccc(Cl)n1.[Cl][Sn][Cl]. The molecule has 0 saturated carbocycles. The third kappa shape index (κ3) is 19.1. The van der Waals surface area contributed by atoms with Crippen LogP contribution in [0.1, 0.15) is 0 Å². The molecule has 18 nitrogen and oxygen atoms in total. The summed E-state index contributed by atoms with van der Waals surface area (Å²) in [4.78, 5) is 19.7. The van der Waals surface area contributed by atoms with Crippen LogP contribution in [-0.4, -0.2) is 79.5 Å². The Balaban J connectivity index is 0.000000468. The first-order chi connectivity index (χ1) is 18.9. The van der Waals surface area contributed by atoms with E-state index in [1.807, 2.05) is 0 Å². The fourth-order valence-electron chi connectivity index (χ4n) is 1.58. The van der Waals surface area contributed by atoms with E-state index in [4.69, 9.17) is 75.7 Å². The summed E-state index contributed by atoms with van der Waals surface area (Å²) in [7, 11) is 9.87. The van der Waals surface area contributed by atoms with Crippen LogP contribution < -0.4 is 11.5 Å². The van der Waals surface area contributed by atoms with E-state index in [2.05, 4.69) is 45.9 Å². The summed E-state index contributed by atoms with van der Waals surface area (Å²) >= 11 is 20.4. The molecule has 0 atom stereocenters. The van der Waals surface area contributed by atoms with Gasteiger partial charge in [-0.15, -0.1) is 5.10 Å². The number of H-pyrrole nitrogens is 4. The van der Waals surface area contributed by atoms with Gasteiger partial charge in [0.1, 0.15) is 28.1 Å². The summed E-state index contributed by atoms with van der Waals surface area (Å²) in [5, 5.41) is 47.3. The van der Waals surface area contributed by atoms with Crippen molar-refractivity contribution in [2.45, 2.75) is 0 Å². The Bertz CT molecular complexity index is 1250. The van der Waals surface area contributed by atoms with Gasteiger partial charge in [0, 0.05) is 16.9 Å². The van der Waals surface area contributed by atoms with E-state index < -0.39 is 28.8 Å². The molecule has 40 heavy (non-hydrogen) atoms. The van der Waals surface area contributed by atoms with Gasteiger partial charge >= 0.3 is 42.5 Å². The van der Waals surface area contributed by atoms with E-state index in [1.165, 1.54) is 12.3 Å². The predicted molar refractivity (Wildman–Crippen MR) is 152 cm³/mol. The number of nitro groups is 2. The first kappa shape index (κ1) is 37.0. The Labute approximate surface area is 260 Å². The predicted octanol–water partition coefficient (Wildman–Crippen LogP) is 4.25. The van der Waals surface area contributed by atoms with Gasteiger partial charge in [-0.3, -0.25) is 15.3 Å². The van der Waals surface area contributed by atoms with Crippen LogP contribution >= 0.6 is 64.2 Å². The number of nitrogens with zero attached hydrogens (tertiary/aromatic N) is 8. The zero-order chi connectivity index (χ0) is 30.5. The molecule has 8 N–H and O–H groups in total. The van der Waals surface area contributed by atoms with E-state index in [0.717, 1.165) is 6.07 Å². The number of nitrogens with one attached hydrogen (secondary N) is 4. The number of anilines is 2. The van der Waals surface area contributed by atoms with Gasteiger partial charge in [0.05, 0.1) is 28.6 Å². The zero-order valence-electron chi connectivity index (χ0n) is 19.3. The maximum absolute atomic E-state index is 9.89. The minimum atomic E-state index is -0.826. The molecule has 0 amide bonds. The van der Waals surface area contributed by atoms with Crippen molar-refractivity contribution in [1.29, 1.82) is 0 Å². The van der Waals surface area contributed by atoms with Crippen LogP contribution in [0, 0.1) is 20.2 Å². The molecule has 0 spiro atoms.